The molecule has 2 bridgehead atoms. The minimum Gasteiger partial charge on any atom is -0.481 e. The summed E-state index contributed by atoms with van der Waals surface area (Å²) >= 11 is 0. The maximum absolute atomic E-state index is 12.2. The zero-order valence-electron chi connectivity index (χ0n) is 18.0. The fourth-order valence-electron chi connectivity index (χ4n) is 4.92. The zero-order chi connectivity index (χ0) is 24.4. The van der Waals surface area contributed by atoms with Gasteiger partial charge in [0.2, 0.25) is 11.8 Å². The Balaban J connectivity index is 0.000000383. The van der Waals surface area contributed by atoms with Crippen LogP contribution in [-0.2, 0) is 9.59 Å². The fraction of sp³-hybridized carbons (Fsp3) is 0.455. The Hall–Kier alpha value is -3.37. The van der Waals surface area contributed by atoms with Crippen molar-refractivity contribution in [3.05, 3.63) is 42.6 Å². The summed E-state index contributed by atoms with van der Waals surface area (Å²) in [4.78, 5) is 29.8. The van der Waals surface area contributed by atoms with Crippen LogP contribution in [0.5, 0.6) is 11.6 Å². The number of carboxylic acids is 2. The van der Waals surface area contributed by atoms with E-state index >= 15 is 0 Å². The van der Waals surface area contributed by atoms with Gasteiger partial charge < -0.3 is 20.3 Å². The van der Waals surface area contributed by atoms with Gasteiger partial charge in [-0.15, -0.1) is 0 Å². The summed E-state index contributed by atoms with van der Waals surface area (Å²) < 4.78 is 37.5. The van der Waals surface area contributed by atoms with E-state index in [1.807, 2.05) is 30.3 Å². The van der Waals surface area contributed by atoms with Crippen LogP contribution in [0, 0.1) is 16.7 Å². The number of rotatable bonds is 5. The maximum Gasteiger partial charge on any atom is 0.490 e. The van der Waals surface area contributed by atoms with Crippen LogP contribution < -0.4 is 10.1 Å². The number of para-hydroxylation sites is 1. The van der Waals surface area contributed by atoms with E-state index in [-0.39, 0.29) is 11.5 Å². The molecule has 1 aromatic carbocycles. The average molecular weight is 467 g/mol. The van der Waals surface area contributed by atoms with Crippen LogP contribution in [0.4, 0.5) is 19.1 Å². The Labute approximate surface area is 187 Å². The number of carboxylic acid groups (broad SMARTS) is 2. The Morgan fingerprint density at radius 2 is 1.79 bits per heavy atom. The van der Waals surface area contributed by atoms with Crippen molar-refractivity contribution in [1.29, 1.82) is 0 Å². The van der Waals surface area contributed by atoms with Crippen molar-refractivity contribution in [2.24, 2.45) is 16.7 Å². The predicted molar refractivity (Wildman–Crippen MR) is 111 cm³/mol. The van der Waals surface area contributed by atoms with Gasteiger partial charge in [-0.05, 0) is 42.7 Å². The van der Waals surface area contributed by atoms with Gasteiger partial charge in [-0.3, -0.25) is 4.79 Å². The first-order valence-electron chi connectivity index (χ1n) is 10.2. The number of fused-ring (bicyclic) bond motifs is 2. The molecule has 0 radical (unpaired) electrons. The van der Waals surface area contributed by atoms with Crippen LogP contribution in [0.2, 0.25) is 0 Å². The molecule has 3 unspecified atom stereocenters. The minimum absolute atomic E-state index is 0.180. The van der Waals surface area contributed by atoms with Crippen LogP contribution in [0.3, 0.4) is 0 Å². The van der Waals surface area contributed by atoms with E-state index in [2.05, 4.69) is 29.1 Å². The highest BCUT2D eigenvalue weighted by molar-refractivity contribution is 5.79. The normalized spacial score (nSPS) is 25.0. The van der Waals surface area contributed by atoms with Gasteiger partial charge in [0.1, 0.15) is 5.75 Å². The fourth-order valence-corrected chi connectivity index (χ4v) is 4.92. The number of benzene rings is 1. The number of nitrogens with one attached hydrogen (secondary N) is 1. The molecule has 178 valence electrons. The second-order valence-corrected chi connectivity index (χ2v) is 8.60. The van der Waals surface area contributed by atoms with Crippen molar-refractivity contribution in [2.45, 2.75) is 45.3 Å². The first kappa shape index (κ1) is 24.3. The molecular weight excluding hydrogens is 443 g/mol. The lowest BCUT2D eigenvalue weighted by Crippen LogP contribution is -2.49. The second kappa shape index (κ2) is 8.87. The summed E-state index contributed by atoms with van der Waals surface area (Å²) in [5.41, 5.74) is -1.02. The Morgan fingerprint density at radius 1 is 1.15 bits per heavy atom. The summed E-state index contributed by atoms with van der Waals surface area (Å²) in [6.07, 6.45) is -0.973. The van der Waals surface area contributed by atoms with Gasteiger partial charge in [-0.1, -0.05) is 32.0 Å². The first-order chi connectivity index (χ1) is 15.4. The topological polar surface area (TPSA) is 122 Å². The summed E-state index contributed by atoms with van der Waals surface area (Å²) in [6, 6.07) is 10.9. The van der Waals surface area contributed by atoms with Crippen LogP contribution >= 0.6 is 0 Å². The van der Waals surface area contributed by atoms with Gasteiger partial charge in [0.25, 0.3) is 0 Å². The number of anilines is 1. The molecule has 2 aromatic rings. The van der Waals surface area contributed by atoms with Gasteiger partial charge in [-0.25, -0.2) is 9.78 Å². The minimum atomic E-state index is -5.08. The molecule has 0 aliphatic heterocycles. The second-order valence-electron chi connectivity index (χ2n) is 8.60. The lowest BCUT2D eigenvalue weighted by molar-refractivity contribution is -0.192. The van der Waals surface area contributed by atoms with Crippen molar-refractivity contribution in [1.82, 2.24) is 9.97 Å². The van der Waals surface area contributed by atoms with Crippen molar-refractivity contribution >= 4 is 17.9 Å². The lowest BCUT2D eigenvalue weighted by Gasteiger charge is -2.38. The number of halogens is 3. The third-order valence-corrected chi connectivity index (χ3v) is 6.70. The highest BCUT2D eigenvalue weighted by Crippen LogP contribution is 2.66. The number of aliphatic carboxylic acids is 2. The molecule has 3 atom stereocenters. The molecule has 1 aromatic heterocycles. The van der Waals surface area contributed by atoms with Gasteiger partial charge in [-0.2, -0.15) is 18.2 Å². The lowest BCUT2D eigenvalue weighted by atomic mass is 9.67. The summed E-state index contributed by atoms with van der Waals surface area (Å²) in [5.74, 6) is -1.54. The van der Waals surface area contributed by atoms with Crippen molar-refractivity contribution in [2.75, 3.05) is 5.32 Å². The molecule has 0 saturated heterocycles. The smallest absolute Gasteiger partial charge is 0.481 e. The number of ether oxygens (including phenoxy) is 1. The highest BCUT2D eigenvalue weighted by Gasteiger charge is 2.68. The van der Waals surface area contributed by atoms with E-state index in [4.69, 9.17) is 14.6 Å². The van der Waals surface area contributed by atoms with E-state index in [0.717, 1.165) is 12.8 Å². The summed E-state index contributed by atoms with van der Waals surface area (Å²) in [7, 11) is 0. The molecule has 0 amide bonds. The van der Waals surface area contributed by atoms with Gasteiger partial charge >= 0.3 is 18.1 Å². The van der Waals surface area contributed by atoms with Crippen molar-refractivity contribution in [3.8, 4) is 11.6 Å². The highest BCUT2D eigenvalue weighted by atomic mass is 19.4. The van der Waals surface area contributed by atoms with E-state index in [1.54, 1.807) is 12.3 Å². The molecule has 2 fully saturated rings. The Morgan fingerprint density at radius 3 is 2.33 bits per heavy atom. The van der Waals surface area contributed by atoms with Gasteiger partial charge in [0.15, 0.2) is 0 Å². The molecule has 1 heterocycles. The van der Waals surface area contributed by atoms with E-state index in [1.165, 1.54) is 0 Å². The Bertz CT molecular complexity index is 1020. The van der Waals surface area contributed by atoms with E-state index < -0.39 is 23.5 Å². The third-order valence-electron chi connectivity index (χ3n) is 6.70. The monoisotopic (exact) mass is 467 g/mol. The Kier molecular flexibility index (Phi) is 6.53. The van der Waals surface area contributed by atoms with Gasteiger partial charge in [0, 0.05) is 18.3 Å². The van der Waals surface area contributed by atoms with Crippen molar-refractivity contribution in [3.63, 3.8) is 0 Å². The molecular formula is C22H24F3N3O5. The summed E-state index contributed by atoms with van der Waals surface area (Å²) in [6.45, 7) is 4.16. The molecule has 2 aliphatic rings. The number of aromatic nitrogens is 2. The van der Waals surface area contributed by atoms with Crippen LogP contribution in [0.25, 0.3) is 0 Å². The van der Waals surface area contributed by atoms with E-state index in [9.17, 15) is 23.1 Å². The molecule has 11 heteroatoms. The van der Waals surface area contributed by atoms with Crippen LogP contribution in [0.1, 0.15) is 33.1 Å². The number of carbonyl (C=O) groups is 2. The number of hydrogen-bond donors (Lipinski definition) is 3. The quantitative estimate of drug-likeness (QED) is 0.584. The molecule has 3 N–H and O–H groups in total. The molecule has 8 nitrogen and oxygen atoms in total. The summed E-state index contributed by atoms with van der Waals surface area (Å²) in [5, 5.41) is 20.4. The zero-order valence-corrected chi connectivity index (χ0v) is 18.0. The number of hydrogen-bond acceptors (Lipinski definition) is 6. The standard InChI is InChI=1S/C20H23N3O3.C2HF3O2/c1-19(2)13-8-10-20(19,17(24)25)15(12-13)22-18-21-11-9-16(23-18)26-14-6-4-3-5-7-14;3-2(4,5)1(6)7/h3-7,9,11,13,15H,8,10,12H2,1-2H3,(H,24,25)(H,21,22,23);(H,6,7). The predicted octanol–water partition coefficient (Wildman–Crippen LogP) is 4.59. The van der Waals surface area contributed by atoms with Crippen LogP contribution in [0.15, 0.2) is 42.6 Å². The van der Waals surface area contributed by atoms with Gasteiger partial charge in [0.05, 0.1) is 5.41 Å². The average Bonchev–Trinajstić information content (AvgIpc) is 3.11. The SMILES string of the molecule is CC1(C)C2CCC1(C(=O)O)C(Nc1nccc(Oc3ccccc3)n1)C2.O=C(O)C(F)(F)F. The molecule has 33 heavy (non-hydrogen) atoms. The molecule has 2 saturated carbocycles. The number of alkyl halides is 3. The van der Waals surface area contributed by atoms with Crippen molar-refractivity contribution < 1.29 is 37.7 Å². The third kappa shape index (κ3) is 4.71. The maximum atomic E-state index is 12.2. The molecule has 2 aliphatic carbocycles. The molecule has 4 rings (SSSR count). The largest absolute Gasteiger partial charge is 0.490 e. The first-order valence-corrected chi connectivity index (χ1v) is 10.2. The van der Waals surface area contributed by atoms with Crippen LogP contribution in [-0.4, -0.2) is 44.3 Å². The van der Waals surface area contributed by atoms with E-state index in [0.29, 0.717) is 29.9 Å². The molecule has 0 spiro atoms. The number of nitrogens with zero attached hydrogens (tertiary/aromatic N) is 2.